The highest BCUT2D eigenvalue weighted by atomic mass is 16.4. The molecule has 2 rings (SSSR count). The molecule has 128 valence electrons. The number of nitrogens with one attached hydrogen (secondary N) is 1. The second kappa shape index (κ2) is 7.72. The lowest BCUT2D eigenvalue weighted by Crippen LogP contribution is -2.42. The van der Waals surface area contributed by atoms with E-state index in [0.717, 1.165) is 5.56 Å². The Bertz CT molecular complexity index is 693. The second-order valence-corrected chi connectivity index (χ2v) is 5.76. The molecule has 0 aliphatic heterocycles. The standard InChI is InChI=1S/C17H22N4O3/c1-3-17(4-2,16(23)24)12-18-15(22)14-11-21(20-19-14)10-13-8-6-5-7-9-13/h5-9,11H,3-4,10,12H2,1-2H3,(H,18,22)(H,23,24). The van der Waals surface area contributed by atoms with Crippen LogP contribution in [0.3, 0.4) is 0 Å². The Kier molecular flexibility index (Phi) is 5.68. The van der Waals surface area contributed by atoms with Crippen LogP contribution in [0, 0.1) is 5.41 Å². The van der Waals surface area contributed by atoms with E-state index in [0.29, 0.717) is 19.4 Å². The molecule has 0 saturated heterocycles. The minimum atomic E-state index is -0.949. The van der Waals surface area contributed by atoms with E-state index in [1.165, 1.54) is 0 Å². The van der Waals surface area contributed by atoms with E-state index in [-0.39, 0.29) is 12.2 Å². The van der Waals surface area contributed by atoms with E-state index >= 15 is 0 Å². The van der Waals surface area contributed by atoms with Gasteiger partial charge in [0.1, 0.15) is 0 Å². The third kappa shape index (κ3) is 3.98. The van der Waals surface area contributed by atoms with Gasteiger partial charge in [0.05, 0.1) is 18.2 Å². The van der Waals surface area contributed by atoms with Crippen molar-refractivity contribution in [3.63, 3.8) is 0 Å². The molecule has 0 spiro atoms. The summed E-state index contributed by atoms with van der Waals surface area (Å²) in [4.78, 5) is 23.6. The van der Waals surface area contributed by atoms with Gasteiger partial charge in [-0.15, -0.1) is 5.10 Å². The summed E-state index contributed by atoms with van der Waals surface area (Å²) >= 11 is 0. The highest BCUT2D eigenvalue weighted by molar-refractivity contribution is 5.92. The van der Waals surface area contributed by atoms with Crippen LogP contribution in [0.5, 0.6) is 0 Å². The molecule has 1 aromatic carbocycles. The Hall–Kier alpha value is -2.70. The Morgan fingerprint density at radius 1 is 1.21 bits per heavy atom. The number of carbonyl (C=O) groups excluding carboxylic acids is 1. The van der Waals surface area contributed by atoms with Gasteiger partial charge in [0, 0.05) is 6.54 Å². The molecule has 0 aliphatic rings. The number of carbonyl (C=O) groups is 2. The van der Waals surface area contributed by atoms with Crippen LogP contribution in [0.15, 0.2) is 36.5 Å². The summed E-state index contributed by atoms with van der Waals surface area (Å²) in [7, 11) is 0. The van der Waals surface area contributed by atoms with Crippen LogP contribution in [-0.4, -0.2) is 38.5 Å². The van der Waals surface area contributed by atoms with Gasteiger partial charge in [-0.3, -0.25) is 9.59 Å². The van der Waals surface area contributed by atoms with E-state index < -0.39 is 17.3 Å². The molecule has 0 fully saturated rings. The highest BCUT2D eigenvalue weighted by Crippen LogP contribution is 2.25. The van der Waals surface area contributed by atoms with Crippen molar-refractivity contribution >= 4 is 11.9 Å². The van der Waals surface area contributed by atoms with Gasteiger partial charge in [0.15, 0.2) is 5.69 Å². The van der Waals surface area contributed by atoms with Crippen molar-refractivity contribution in [2.24, 2.45) is 5.41 Å². The quantitative estimate of drug-likeness (QED) is 0.771. The molecule has 7 nitrogen and oxygen atoms in total. The Labute approximate surface area is 140 Å². The topological polar surface area (TPSA) is 97.1 Å². The van der Waals surface area contributed by atoms with Crippen LogP contribution < -0.4 is 5.32 Å². The molecule has 0 bridgehead atoms. The van der Waals surface area contributed by atoms with Crippen LogP contribution in [0.1, 0.15) is 42.7 Å². The van der Waals surface area contributed by atoms with Crippen LogP contribution in [0.4, 0.5) is 0 Å². The van der Waals surface area contributed by atoms with Crippen molar-refractivity contribution in [2.75, 3.05) is 6.54 Å². The fourth-order valence-electron chi connectivity index (χ4n) is 2.47. The van der Waals surface area contributed by atoms with Crippen molar-refractivity contribution in [1.29, 1.82) is 0 Å². The summed E-state index contributed by atoms with van der Waals surface area (Å²) in [6.07, 6.45) is 2.45. The maximum Gasteiger partial charge on any atom is 0.311 e. The van der Waals surface area contributed by atoms with Gasteiger partial charge in [0.2, 0.25) is 0 Å². The molecular weight excluding hydrogens is 308 g/mol. The molecule has 24 heavy (non-hydrogen) atoms. The molecule has 7 heteroatoms. The number of hydrogen-bond donors (Lipinski definition) is 2. The number of carboxylic acids is 1. The average Bonchev–Trinajstić information content (AvgIpc) is 3.05. The molecule has 2 N–H and O–H groups in total. The van der Waals surface area contributed by atoms with Crippen molar-refractivity contribution < 1.29 is 14.7 Å². The Morgan fingerprint density at radius 2 is 1.88 bits per heavy atom. The molecule has 0 aliphatic carbocycles. The van der Waals surface area contributed by atoms with Gasteiger partial charge in [-0.2, -0.15) is 0 Å². The number of aromatic nitrogens is 3. The van der Waals surface area contributed by atoms with E-state index in [2.05, 4.69) is 15.6 Å². The zero-order valence-electron chi connectivity index (χ0n) is 13.9. The van der Waals surface area contributed by atoms with E-state index in [4.69, 9.17) is 0 Å². The lowest BCUT2D eigenvalue weighted by molar-refractivity contribution is -0.149. The smallest absolute Gasteiger partial charge is 0.311 e. The van der Waals surface area contributed by atoms with Crippen LogP contribution in [0.25, 0.3) is 0 Å². The molecule has 0 unspecified atom stereocenters. The first-order valence-corrected chi connectivity index (χ1v) is 7.96. The number of nitrogens with zero attached hydrogens (tertiary/aromatic N) is 3. The zero-order valence-corrected chi connectivity index (χ0v) is 13.9. The molecule has 0 radical (unpaired) electrons. The minimum Gasteiger partial charge on any atom is -0.481 e. The lowest BCUT2D eigenvalue weighted by atomic mass is 9.82. The van der Waals surface area contributed by atoms with Gasteiger partial charge in [-0.05, 0) is 18.4 Å². The van der Waals surface area contributed by atoms with Gasteiger partial charge in [0.25, 0.3) is 5.91 Å². The molecule has 0 atom stereocenters. The number of carboxylic acid groups (broad SMARTS) is 1. The first kappa shape index (κ1) is 17.7. The molecule has 2 aromatic rings. The first-order chi connectivity index (χ1) is 11.5. The summed E-state index contributed by atoms with van der Waals surface area (Å²) in [6, 6.07) is 9.72. The van der Waals surface area contributed by atoms with Crippen molar-refractivity contribution in [3.05, 3.63) is 47.8 Å². The number of rotatable bonds is 8. The molecule has 0 saturated carbocycles. The summed E-state index contributed by atoms with van der Waals surface area (Å²) in [6.45, 7) is 4.20. The first-order valence-electron chi connectivity index (χ1n) is 7.96. The summed E-state index contributed by atoms with van der Waals surface area (Å²) in [5.74, 6) is -1.32. The zero-order chi connectivity index (χ0) is 17.6. The Balaban J connectivity index is 1.99. The van der Waals surface area contributed by atoms with Crippen LogP contribution >= 0.6 is 0 Å². The molecule has 1 heterocycles. The Morgan fingerprint density at radius 3 is 2.46 bits per heavy atom. The molecule has 1 aromatic heterocycles. The van der Waals surface area contributed by atoms with Crippen molar-refractivity contribution in [3.8, 4) is 0 Å². The lowest BCUT2D eigenvalue weighted by Gasteiger charge is -2.26. The van der Waals surface area contributed by atoms with E-state index in [9.17, 15) is 14.7 Å². The monoisotopic (exact) mass is 330 g/mol. The largest absolute Gasteiger partial charge is 0.481 e. The number of aliphatic carboxylic acids is 1. The van der Waals surface area contributed by atoms with Gasteiger partial charge < -0.3 is 10.4 Å². The molecular formula is C17H22N4O3. The SMILES string of the molecule is CCC(CC)(CNC(=O)c1cn(Cc2ccccc2)nn1)C(=O)O. The van der Waals surface area contributed by atoms with Crippen LogP contribution in [-0.2, 0) is 11.3 Å². The third-order valence-corrected chi connectivity index (χ3v) is 4.35. The summed E-state index contributed by atoms with van der Waals surface area (Å²) in [5.41, 5.74) is 0.282. The van der Waals surface area contributed by atoms with Crippen molar-refractivity contribution in [2.45, 2.75) is 33.2 Å². The summed E-state index contributed by atoms with van der Waals surface area (Å²) < 4.78 is 1.58. The second-order valence-electron chi connectivity index (χ2n) is 5.76. The van der Waals surface area contributed by atoms with E-state index in [1.807, 2.05) is 30.3 Å². The average molecular weight is 330 g/mol. The van der Waals surface area contributed by atoms with Gasteiger partial charge >= 0.3 is 5.97 Å². The predicted octanol–water partition coefficient (Wildman–Crippen LogP) is 1.95. The minimum absolute atomic E-state index is 0.0692. The van der Waals surface area contributed by atoms with Gasteiger partial charge in [-0.25, -0.2) is 4.68 Å². The number of amides is 1. The van der Waals surface area contributed by atoms with Crippen molar-refractivity contribution in [1.82, 2.24) is 20.3 Å². The maximum absolute atomic E-state index is 12.2. The molecule has 1 amide bonds. The van der Waals surface area contributed by atoms with Gasteiger partial charge in [-0.1, -0.05) is 49.4 Å². The fourth-order valence-corrected chi connectivity index (χ4v) is 2.47. The summed E-state index contributed by atoms with van der Waals surface area (Å²) in [5, 5.41) is 19.9. The van der Waals surface area contributed by atoms with Crippen LogP contribution in [0.2, 0.25) is 0 Å². The fraction of sp³-hybridized carbons (Fsp3) is 0.412. The third-order valence-electron chi connectivity index (χ3n) is 4.35. The number of benzene rings is 1. The predicted molar refractivity (Wildman–Crippen MR) is 88.6 cm³/mol. The highest BCUT2D eigenvalue weighted by Gasteiger charge is 2.35. The number of hydrogen-bond acceptors (Lipinski definition) is 4. The normalized spacial score (nSPS) is 11.2. The maximum atomic E-state index is 12.2. The van der Waals surface area contributed by atoms with E-state index in [1.54, 1.807) is 24.7 Å².